The minimum absolute atomic E-state index is 0.388. The summed E-state index contributed by atoms with van der Waals surface area (Å²) in [5.41, 5.74) is 3.52. The largest absolute Gasteiger partial charge is 0.493 e. The lowest BCUT2D eigenvalue weighted by Crippen LogP contribution is -2.35. The van der Waals surface area contributed by atoms with Crippen molar-refractivity contribution in [3.8, 4) is 5.75 Å². The molecule has 0 atom stereocenters. The Morgan fingerprint density at radius 2 is 1.81 bits per heavy atom. The number of rotatable bonds is 4. The molecular formula is C21H26N2O3S. The van der Waals surface area contributed by atoms with E-state index in [9.17, 15) is 8.42 Å². The number of hydrogen-bond acceptors (Lipinski definition) is 4. The molecule has 0 radical (unpaired) electrons. The maximum absolute atomic E-state index is 13.1. The Kier molecular flexibility index (Phi) is 5.21. The van der Waals surface area contributed by atoms with Crippen LogP contribution in [0.25, 0.3) is 0 Å². The van der Waals surface area contributed by atoms with E-state index in [0.29, 0.717) is 24.6 Å². The normalized spacial score (nSPS) is 18.7. The molecule has 27 heavy (non-hydrogen) atoms. The SMILES string of the molecule is Cc1ccc(CN2CCCN(S(=O)(=O)c3ccc4c(c3)CCO4)CC2)cc1. The topological polar surface area (TPSA) is 49.9 Å². The van der Waals surface area contributed by atoms with Crippen LogP contribution >= 0.6 is 0 Å². The average Bonchev–Trinajstić information content (AvgIpc) is 3.01. The first-order valence-corrected chi connectivity index (χ1v) is 11.0. The Hall–Kier alpha value is -1.89. The first-order valence-electron chi connectivity index (χ1n) is 9.56. The second-order valence-corrected chi connectivity index (χ2v) is 9.33. The zero-order chi connectivity index (χ0) is 18.9. The Balaban J connectivity index is 1.44. The van der Waals surface area contributed by atoms with Gasteiger partial charge in [-0.1, -0.05) is 29.8 Å². The summed E-state index contributed by atoms with van der Waals surface area (Å²) < 4.78 is 33.4. The average molecular weight is 387 g/mol. The maximum Gasteiger partial charge on any atom is 0.243 e. The van der Waals surface area contributed by atoms with Crippen molar-refractivity contribution < 1.29 is 13.2 Å². The molecule has 2 aromatic carbocycles. The molecule has 0 amide bonds. The number of aryl methyl sites for hydroxylation is 1. The monoisotopic (exact) mass is 386 g/mol. The van der Waals surface area contributed by atoms with Crippen molar-refractivity contribution in [2.75, 3.05) is 32.8 Å². The predicted octanol–water partition coefficient (Wildman–Crippen LogP) is 2.83. The van der Waals surface area contributed by atoms with E-state index in [1.807, 2.05) is 0 Å². The molecule has 0 aromatic heterocycles. The van der Waals surface area contributed by atoms with E-state index in [1.54, 1.807) is 22.5 Å². The highest BCUT2D eigenvalue weighted by molar-refractivity contribution is 7.89. The molecular weight excluding hydrogens is 360 g/mol. The molecule has 2 aliphatic heterocycles. The van der Waals surface area contributed by atoms with E-state index in [2.05, 4.69) is 36.1 Å². The number of benzene rings is 2. The lowest BCUT2D eigenvalue weighted by Gasteiger charge is -2.22. The van der Waals surface area contributed by atoms with Gasteiger partial charge in [-0.2, -0.15) is 4.31 Å². The maximum atomic E-state index is 13.1. The van der Waals surface area contributed by atoms with Gasteiger partial charge in [0, 0.05) is 32.6 Å². The smallest absolute Gasteiger partial charge is 0.243 e. The van der Waals surface area contributed by atoms with Crippen molar-refractivity contribution in [3.05, 3.63) is 59.2 Å². The molecule has 0 bridgehead atoms. The highest BCUT2D eigenvalue weighted by Crippen LogP contribution is 2.29. The van der Waals surface area contributed by atoms with Gasteiger partial charge in [0.15, 0.2) is 0 Å². The molecule has 0 spiro atoms. The van der Waals surface area contributed by atoms with Crippen LogP contribution in [0.2, 0.25) is 0 Å². The van der Waals surface area contributed by atoms with Crippen molar-refractivity contribution in [2.24, 2.45) is 0 Å². The van der Waals surface area contributed by atoms with Gasteiger partial charge < -0.3 is 4.74 Å². The Morgan fingerprint density at radius 1 is 1.00 bits per heavy atom. The summed E-state index contributed by atoms with van der Waals surface area (Å²) in [5, 5.41) is 0. The molecule has 144 valence electrons. The number of sulfonamides is 1. The van der Waals surface area contributed by atoms with E-state index in [-0.39, 0.29) is 0 Å². The third kappa shape index (κ3) is 4.03. The number of fused-ring (bicyclic) bond motifs is 1. The quantitative estimate of drug-likeness (QED) is 0.811. The van der Waals surface area contributed by atoms with Crippen LogP contribution in [0.3, 0.4) is 0 Å². The van der Waals surface area contributed by atoms with Crippen LogP contribution in [0, 0.1) is 6.92 Å². The van der Waals surface area contributed by atoms with E-state index in [0.717, 1.165) is 43.8 Å². The van der Waals surface area contributed by atoms with Crippen molar-refractivity contribution >= 4 is 10.0 Å². The van der Waals surface area contributed by atoms with E-state index in [1.165, 1.54) is 11.1 Å². The summed E-state index contributed by atoms with van der Waals surface area (Å²) in [6.07, 6.45) is 1.63. The zero-order valence-corrected chi connectivity index (χ0v) is 16.5. The molecule has 1 fully saturated rings. The van der Waals surface area contributed by atoms with E-state index >= 15 is 0 Å². The fourth-order valence-electron chi connectivity index (χ4n) is 3.77. The van der Waals surface area contributed by atoms with Crippen LogP contribution < -0.4 is 4.74 Å². The van der Waals surface area contributed by atoms with Gasteiger partial charge in [0.1, 0.15) is 5.75 Å². The molecule has 0 unspecified atom stereocenters. The summed E-state index contributed by atoms with van der Waals surface area (Å²) in [6, 6.07) is 13.8. The minimum Gasteiger partial charge on any atom is -0.493 e. The van der Waals surface area contributed by atoms with Crippen LogP contribution in [0.1, 0.15) is 23.1 Å². The first kappa shape index (κ1) is 18.5. The predicted molar refractivity (Wildman–Crippen MR) is 105 cm³/mol. The molecule has 0 aliphatic carbocycles. The van der Waals surface area contributed by atoms with Crippen molar-refractivity contribution in [1.82, 2.24) is 9.21 Å². The minimum atomic E-state index is -3.46. The lowest BCUT2D eigenvalue weighted by molar-refractivity contribution is 0.278. The molecule has 2 aliphatic rings. The Bertz CT molecular complexity index is 910. The summed E-state index contributed by atoms with van der Waals surface area (Å²) in [6.45, 7) is 6.35. The van der Waals surface area contributed by atoms with Crippen LogP contribution in [0.5, 0.6) is 5.75 Å². The third-order valence-electron chi connectivity index (χ3n) is 5.37. The fourth-order valence-corrected chi connectivity index (χ4v) is 5.29. The van der Waals surface area contributed by atoms with E-state index < -0.39 is 10.0 Å². The van der Waals surface area contributed by atoms with Gasteiger partial charge in [-0.15, -0.1) is 0 Å². The van der Waals surface area contributed by atoms with Crippen LogP contribution in [0.15, 0.2) is 47.4 Å². The summed E-state index contributed by atoms with van der Waals surface area (Å²) in [4.78, 5) is 2.73. The van der Waals surface area contributed by atoms with Gasteiger partial charge in [0.25, 0.3) is 0 Å². The zero-order valence-electron chi connectivity index (χ0n) is 15.7. The lowest BCUT2D eigenvalue weighted by atomic mass is 10.1. The van der Waals surface area contributed by atoms with Gasteiger partial charge in [-0.3, -0.25) is 4.90 Å². The van der Waals surface area contributed by atoms with Gasteiger partial charge in [-0.25, -0.2) is 8.42 Å². The highest BCUT2D eigenvalue weighted by Gasteiger charge is 2.28. The summed E-state index contributed by atoms with van der Waals surface area (Å²) in [5.74, 6) is 0.814. The number of ether oxygens (including phenoxy) is 1. The van der Waals surface area contributed by atoms with Gasteiger partial charge in [0.2, 0.25) is 10.0 Å². The molecule has 1 saturated heterocycles. The second-order valence-electron chi connectivity index (χ2n) is 7.39. The van der Waals surface area contributed by atoms with Crippen molar-refractivity contribution in [1.29, 1.82) is 0 Å². The van der Waals surface area contributed by atoms with Crippen molar-refractivity contribution in [2.45, 2.75) is 31.2 Å². The van der Waals surface area contributed by atoms with E-state index in [4.69, 9.17) is 4.74 Å². The molecule has 0 N–H and O–H groups in total. The van der Waals surface area contributed by atoms with Gasteiger partial charge in [-0.05, 0) is 49.2 Å². The third-order valence-corrected chi connectivity index (χ3v) is 7.27. The fraction of sp³-hybridized carbons (Fsp3) is 0.429. The van der Waals surface area contributed by atoms with Gasteiger partial charge in [0.05, 0.1) is 11.5 Å². The Labute approximate surface area is 161 Å². The molecule has 0 saturated carbocycles. The van der Waals surface area contributed by atoms with Crippen LogP contribution in [-0.2, 0) is 23.0 Å². The second kappa shape index (κ2) is 7.62. The summed E-state index contributed by atoms with van der Waals surface area (Å²) >= 11 is 0. The highest BCUT2D eigenvalue weighted by atomic mass is 32.2. The first-order chi connectivity index (χ1) is 13.0. The molecule has 2 aromatic rings. The number of hydrogen-bond donors (Lipinski definition) is 0. The van der Waals surface area contributed by atoms with Crippen LogP contribution in [-0.4, -0.2) is 50.4 Å². The number of nitrogens with zero attached hydrogens (tertiary/aromatic N) is 2. The molecule has 5 nitrogen and oxygen atoms in total. The van der Waals surface area contributed by atoms with Crippen molar-refractivity contribution in [3.63, 3.8) is 0 Å². The molecule has 2 heterocycles. The van der Waals surface area contributed by atoms with Crippen LogP contribution in [0.4, 0.5) is 0 Å². The molecule has 6 heteroatoms. The summed E-state index contributed by atoms with van der Waals surface area (Å²) in [7, 11) is -3.46. The van der Waals surface area contributed by atoms with Gasteiger partial charge >= 0.3 is 0 Å². The molecule has 4 rings (SSSR count). The Morgan fingerprint density at radius 3 is 2.63 bits per heavy atom. The standard InChI is InChI=1S/C21H26N2O3S/c1-17-3-5-18(6-4-17)16-22-10-2-11-23(13-12-22)27(24,25)20-7-8-21-19(15-20)9-14-26-21/h3-8,15H,2,9-14,16H2,1H3.